The molecule has 2 aromatic rings. The maximum atomic E-state index is 9.52. The number of hydrogen-bond acceptors (Lipinski definition) is 10. The molecule has 0 aliphatic carbocycles. The van der Waals surface area contributed by atoms with Gasteiger partial charge in [0.2, 0.25) is 0 Å². The molecule has 0 heterocycles. The predicted molar refractivity (Wildman–Crippen MR) is 171 cm³/mol. The van der Waals surface area contributed by atoms with Crippen LogP contribution in [-0.4, -0.2) is 71.2 Å². The van der Waals surface area contributed by atoms with E-state index in [1.165, 1.54) is 50.7 Å². The molecular formula is C30H50N4O4S2. The SMILES string of the molecule is Oc1ccc(CNCCCCCCNCCSSCCNCCCCCCNCc2ccc(O)c(O)c2)cc1O. The maximum absolute atomic E-state index is 9.52. The lowest BCUT2D eigenvalue weighted by Gasteiger charge is -2.07. The van der Waals surface area contributed by atoms with E-state index in [0.717, 1.165) is 74.7 Å². The van der Waals surface area contributed by atoms with E-state index < -0.39 is 0 Å². The minimum absolute atomic E-state index is 0.0620. The number of aromatic hydroxyl groups is 4. The van der Waals surface area contributed by atoms with Crippen LogP contribution in [0.25, 0.3) is 0 Å². The zero-order chi connectivity index (χ0) is 28.7. The number of unbranched alkanes of at least 4 members (excludes halogenated alkanes) is 6. The number of hydrogen-bond donors (Lipinski definition) is 8. The molecule has 0 amide bonds. The molecule has 8 nitrogen and oxygen atoms in total. The van der Waals surface area contributed by atoms with Crippen molar-refractivity contribution in [1.82, 2.24) is 21.3 Å². The minimum Gasteiger partial charge on any atom is -0.504 e. The zero-order valence-corrected chi connectivity index (χ0v) is 25.4. The molecule has 0 aliphatic heterocycles. The van der Waals surface area contributed by atoms with Crippen molar-refractivity contribution in [3.05, 3.63) is 47.5 Å². The van der Waals surface area contributed by atoms with Crippen molar-refractivity contribution in [3.63, 3.8) is 0 Å². The van der Waals surface area contributed by atoms with Crippen molar-refractivity contribution in [3.8, 4) is 23.0 Å². The molecular weight excluding hydrogens is 544 g/mol. The Morgan fingerprint density at radius 2 is 0.800 bits per heavy atom. The summed E-state index contributed by atoms with van der Waals surface area (Å²) in [4.78, 5) is 0. The summed E-state index contributed by atoms with van der Waals surface area (Å²) >= 11 is 0. The van der Waals surface area contributed by atoms with Crippen LogP contribution in [0.5, 0.6) is 23.0 Å². The van der Waals surface area contributed by atoms with Crippen LogP contribution in [0, 0.1) is 0 Å². The minimum atomic E-state index is -0.0738. The van der Waals surface area contributed by atoms with Crippen LogP contribution in [0.1, 0.15) is 62.5 Å². The van der Waals surface area contributed by atoms with Crippen LogP contribution >= 0.6 is 21.6 Å². The van der Waals surface area contributed by atoms with Gasteiger partial charge in [-0.2, -0.15) is 0 Å². The molecule has 0 radical (unpaired) electrons. The zero-order valence-electron chi connectivity index (χ0n) is 23.8. The van der Waals surface area contributed by atoms with Crippen molar-refractivity contribution in [2.24, 2.45) is 0 Å². The second-order valence-electron chi connectivity index (χ2n) is 9.97. The van der Waals surface area contributed by atoms with E-state index in [-0.39, 0.29) is 23.0 Å². The molecule has 0 fully saturated rings. The fraction of sp³-hybridized carbons (Fsp3) is 0.600. The third kappa shape index (κ3) is 17.1. The highest BCUT2D eigenvalue weighted by Gasteiger charge is 2.01. The van der Waals surface area contributed by atoms with E-state index in [2.05, 4.69) is 21.3 Å². The lowest BCUT2D eigenvalue weighted by molar-refractivity contribution is 0.403. The number of phenolic OH excluding ortho intramolecular Hbond substituents is 4. The summed E-state index contributed by atoms with van der Waals surface area (Å²) in [6.07, 6.45) is 9.66. The maximum Gasteiger partial charge on any atom is 0.157 e. The third-order valence-electron chi connectivity index (χ3n) is 6.46. The van der Waals surface area contributed by atoms with Crippen molar-refractivity contribution in [2.45, 2.75) is 64.5 Å². The van der Waals surface area contributed by atoms with Gasteiger partial charge in [0, 0.05) is 37.7 Å². The van der Waals surface area contributed by atoms with Crippen molar-refractivity contribution in [1.29, 1.82) is 0 Å². The Hall–Kier alpha value is -1.82. The molecule has 0 aliphatic rings. The van der Waals surface area contributed by atoms with Crippen LogP contribution < -0.4 is 21.3 Å². The molecule has 40 heavy (non-hydrogen) atoms. The molecule has 8 N–H and O–H groups in total. The number of phenols is 4. The van der Waals surface area contributed by atoms with E-state index >= 15 is 0 Å². The Balaban J connectivity index is 1.21. The van der Waals surface area contributed by atoms with Crippen molar-refractivity contribution < 1.29 is 20.4 Å². The summed E-state index contributed by atoms with van der Waals surface area (Å²) in [7, 11) is 3.91. The van der Waals surface area contributed by atoms with Gasteiger partial charge in [0.25, 0.3) is 0 Å². The first-order valence-corrected chi connectivity index (χ1v) is 17.1. The van der Waals surface area contributed by atoms with Crippen LogP contribution in [0.4, 0.5) is 0 Å². The quantitative estimate of drug-likeness (QED) is 0.0448. The molecule has 2 rings (SSSR count). The second kappa shape index (κ2) is 22.8. The third-order valence-corrected chi connectivity index (χ3v) is 8.87. The van der Waals surface area contributed by atoms with Gasteiger partial charge in [-0.1, -0.05) is 59.4 Å². The summed E-state index contributed by atoms with van der Waals surface area (Å²) in [6, 6.07) is 9.90. The summed E-state index contributed by atoms with van der Waals surface area (Å²) < 4.78 is 0. The number of rotatable bonds is 25. The number of benzene rings is 2. The van der Waals surface area contributed by atoms with Crippen LogP contribution in [-0.2, 0) is 13.1 Å². The van der Waals surface area contributed by atoms with Gasteiger partial charge in [0.15, 0.2) is 23.0 Å². The summed E-state index contributed by atoms with van der Waals surface area (Å²) in [5, 5.41) is 51.6. The monoisotopic (exact) mass is 594 g/mol. The molecule has 0 unspecified atom stereocenters. The van der Waals surface area contributed by atoms with E-state index in [9.17, 15) is 20.4 Å². The van der Waals surface area contributed by atoms with Crippen LogP contribution in [0.2, 0.25) is 0 Å². The Kier molecular flexibility index (Phi) is 19.6. The first kappa shape index (κ1) is 34.4. The molecule has 0 aromatic heterocycles. The van der Waals surface area contributed by atoms with Crippen LogP contribution in [0.3, 0.4) is 0 Å². The van der Waals surface area contributed by atoms with Gasteiger partial charge in [-0.25, -0.2) is 0 Å². The fourth-order valence-electron chi connectivity index (χ4n) is 4.13. The molecule has 0 bridgehead atoms. The first-order chi connectivity index (χ1) is 19.6. The molecule has 226 valence electrons. The van der Waals surface area contributed by atoms with Gasteiger partial charge >= 0.3 is 0 Å². The lowest BCUT2D eigenvalue weighted by atomic mass is 10.1. The molecule has 0 saturated heterocycles. The van der Waals surface area contributed by atoms with Gasteiger partial charge in [0.1, 0.15) is 0 Å². The van der Waals surface area contributed by atoms with E-state index in [0.29, 0.717) is 13.1 Å². The standard InChI is InChI=1S/C30H50N4O4S2/c35-27-11-9-25(21-29(27)37)23-33-15-7-3-1-5-13-31-17-19-39-40-20-18-32-14-6-2-4-8-16-34-24-26-10-12-28(36)30(38)22-26/h9-12,21-22,31-38H,1-8,13-20,23-24H2. The Morgan fingerprint density at radius 3 is 1.18 bits per heavy atom. The first-order valence-electron chi connectivity index (χ1n) is 14.7. The van der Waals surface area contributed by atoms with Crippen molar-refractivity contribution >= 4 is 21.6 Å². The highest BCUT2D eigenvalue weighted by Crippen LogP contribution is 2.25. The van der Waals surface area contributed by atoms with Gasteiger partial charge < -0.3 is 41.7 Å². The van der Waals surface area contributed by atoms with Gasteiger partial charge in [-0.15, -0.1) is 0 Å². The predicted octanol–water partition coefficient (Wildman–Crippen LogP) is 5.07. The van der Waals surface area contributed by atoms with E-state index in [1.54, 1.807) is 12.1 Å². The van der Waals surface area contributed by atoms with E-state index in [4.69, 9.17) is 0 Å². The van der Waals surface area contributed by atoms with Crippen molar-refractivity contribution in [2.75, 3.05) is 50.8 Å². The molecule has 0 atom stereocenters. The average molecular weight is 595 g/mol. The summed E-state index contributed by atoms with van der Waals surface area (Å²) in [5.74, 6) is 2.01. The topological polar surface area (TPSA) is 129 Å². The smallest absolute Gasteiger partial charge is 0.157 e. The summed E-state index contributed by atoms with van der Waals surface area (Å²) in [6.45, 7) is 7.66. The Labute approximate surface area is 248 Å². The normalized spacial score (nSPS) is 11.3. The Bertz CT molecular complexity index is 850. The molecule has 2 aromatic carbocycles. The Morgan fingerprint density at radius 1 is 0.425 bits per heavy atom. The molecule has 0 spiro atoms. The van der Waals surface area contributed by atoms with Crippen LogP contribution in [0.15, 0.2) is 36.4 Å². The highest BCUT2D eigenvalue weighted by atomic mass is 33.1. The largest absolute Gasteiger partial charge is 0.504 e. The average Bonchev–Trinajstić information content (AvgIpc) is 2.94. The highest BCUT2D eigenvalue weighted by molar-refractivity contribution is 8.76. The molecule has 10 heteroatoms. The van der Waals surface area contributed by atoms with Gasteiger partial charge in [0.05, 0.1) is 0 Å². The number of nitrogens with one attached hydrogen (secondary N) is 4. The molecule has 0 saturated carbocycles. The second-order valence-corrected chi connectivity index (χ2v) is 12.7. The summed E-state index contributed by atoms with van der Waals surface area (Å²) in [5.41, 5.74) is 1.96. The van der Waals surface area contributed by atoms with Gasteiger partial charge in [-0.3, -0.25) is 0 Å². The lowest BCUT2D eigenvalue weighted by Crippen LogP contribution is -2.19. The van der Waals surface area contributed by atoms with E-state index in [1.807, 2.05) is 33.7 Å². The van der Waals surface area contributed by atoms with Gasteiger partial charge in [-0.05, 0) is 87.3 Å². The fourth-order valence-corrected chi connectivity index (χ4v) is 6.02.